The van der Waals surface area contributed by atoms with Crippen LogP contribution in [0, 0.1) is 0 Å². The Morgan fingerprint density at radius 2 is 1.73 bits per heavy atom. The molecule has 1 N–H and O–H groups in total. The highest BCUT2D eigenvalue weighted by molar-refractivity contribution is 5.46. The fourth-order valence-electron chi connectivity index (χ4n) is 1.97. The lowest BCUT2D eigenvalue weighted by Crippen LogP contribution is -2.48. The molecule has 0 saturated carbocycles. The molecule has 0 aliphatic rings. The minimum absolute atomic E-state index is 0.322. The molecule has 2 nitrogen and oxygen atoms in total. The Morgan fingerprint density at radius 3 is 2.13 bits per heavy atom. The Labute approximate surface area is 92.1 Å². The summed E-state index contributed by atoms with van der Waals surface area (Å²) >= 11 is 0. The predicted molar refractivity (Wildman–Crippen MR) is 66.0 cm³/mol. The predicted octanol–water partition coefficient (Wildman–Crippen LogP) is 2.93. The number of likely N-dealkylation sites (N-methyl/N-ethyl adjacent to an activating group) is 1. The van der Waals surface area contributed by atoms with Crippen molar-refractivity contribution < 1.29 is 5.11 Å². The number of hydrogen-bond acceptors (Lipinski definition) is 1. The van der Waals surface area contributed by atoms with Crippen LogP contribution in [0.5, 0.6) is 5.75 Å². The first-order chi connectivity index (χ1) is 7.18. The molecule has 1 aromatic carbocycles. The number of hydrogen-bond donors (Lipinski definition) is 1. The number of benzene rings is 1. The molecule has 15 heavy (non-hydrogen) atoms. The van der Waals surface area contributed by atoms with Crippen LogP contribution in [0.4, 0.5) is 5.69 Å². The molecule has 0 bridgehead atoms. The first-order valence-electron chi connectivity index (χ1n) is 5.45. The number of aromatic hydroxyl groups is 1. The van der Waals surface area contributed by atoms with Gasteiger partial charge in [0.2, 0.25) is 0 Å². The molecule has 2 heteroatoms. The monoisotopic (exact) mass is 206 g/mol. The van der Waals surface area contributed by atoms with Gasteiger partial charge in [-0.2, -0.15) is 0 Å². The van der Waals surface area contributed by atoms with E-state index in [9.17, 15) is 5.11 Å². The molecule has 0 aromatic heterocycles. The third-order valence-corrected chi connectivity index (χ3v) is 3.09. The number of phenolic OH excluding ortho intramolecular Hbond substituents is 1. The molecule has 0 aliphatic carbocycles. The normalized spacial score (nSPS) is 11.3. The van der Waals surface area contributed by atoms with Crippen molar-refractivity contribution in [2.24, 2.45) is 0 Å². The lowest BCUT2D eigenvalue weighted by Gasteiger charge is -2.35. The van der Waals surface area contributed by atoms with E-state index in [1.54, 1.807) is 12.1 Å². The Balaban J connectivity index is 3.07. The topological polar surface area (TPSA) is 20.2 Å². The van der Waals surface area contributed by atoms with Gasteiger partial charge in [-0.1, -0.05) is 6.58 Å². The molecular weight excluding hydrogens is 186 g/mol. The number of phenols is 1. The van der Waals surface area contributed by atoms with E-state index in [0.717, 1.165) is 24.1 Å². The Hall–Kier alpha value is -1.28. The molecule has 0 heterocycles. The third kappa shape index (κ3) is 2.39. The second kappa shape index (κ2) is 4.99. The van der Waals surface area contributed by atoms with Gasteiger partial charge in [-0.3, -0.25) is 4.48 Å². The Morgan fingerprint density at radius 1 is 1.20 bits per heavy atom. The quantitative estimate of drug-likeness (QED) is 0.580. The van der Waals surface area contributed by atoms with Crippen LogP contribution in [-0.2, 0) is 0 Å². The maximum Gasteiger partial charge on any atom is 0.133 e. The molecule has 1 rings (SSSR count). The van der Waals surface area contributed by atoms with Crippen LogP contribution in [0.2, 0.25) is 0 Å². The highest BCUT2D eigenvalue weighted by atomic mass is 16.3. The van der Waals surface area contributed by atoms with Gasteiger partial charge in [0.25, 0.3) is 0 Å². The SMILES string of the molecule is C=CC[N+](CC)(CC)c1ccc(O)cc1. The van der Waals surface area contributed by atoms with E-state index in [2.05, 4.69) is 20.4 Å². The van der Waals surface area contributed by atoms with Crippen molar-refractivity contribution in [3.63, 3.8) is 0 Å². The molecular formula is C13H20NO+. The molecule has 0 saturated heterocycles. The minimum atomic E-state index is 0.322. The van der Waals surface area contributed by atoms with Crippen molar-refractivity contribution in [2.45, 2.75) is 13.8 Å². The van der Waals surface area contributed by atoms with Gasteiger partial charge in [0.1, 0.15) is 18.0 Å². The average Bonchev–Trinajstić information content (AvgIpc) is 2.27. The summed E-state index contributed by atoms with van der Waals surface area (Å²) in [5.41, 5.74) is 1.23. The summed E-state index contributed by atoms with van der Waals surface area (Å²) in [5.74, 6) is 0.322. The fraction of sp³-hybridized carbons (Fsp3) is 0.385. The first kappa shape index (κ1) is 11.8. The Bertz CT molecular complexity index is 312. The molecule has 0 unspecified atom stereocenters. The first-order valence-corrected chi connectivity index (χ1v) is 5.45. The van der Waals surface area contributed by atoms with Crippen molar-refractivity contribution >= 4 is 5.69 Å². The van der Waals surface area contributed by atoms with Gasteiger partial charge < -0.3 is 5.11 Å². The van der Waals surface area contributed by atoms with E-state index in [-0.39, 0.29) is 0 Å². The average molecular weight is 206 g/mol. The van der Waals surface area contributed by atoms with E-state index in [1.807, 2.05) is 18.2 Å². The van der Waals surface area contributed by atoms with Gasteiger partial charge in [0.15, 0.2) is 0 Å². The van der Waals surface area contributed by atoms with E-state index < -0.39 is 0 Å². The summed E-state index contributed by atoms with van der Waals surface area (Å²) in [7, 11) is 0. The molecule has 1 aromatic rings. The summed E-state index contributed by atoms with van der Waals surface area (Å²) in [6, 6.07) is 7.48. The van der Waals surface area contributed by atoms with Gasteiger partial charge >= 0.3 is 0 Å². The molecule has 0 spiro atoms. The Kier molecular flexibility index (Phi) is 3.92. The standard InChI is InChI=1S/C13H19NO/c1-4-11-14(5-2,6-3)12-7-9-13(15)10-8-12/h4,7-10H,1,5-6,11H2,2-3H3/p+1. The smallest absolute Gasteiger partial charge is 0.133 e. The summed E-state index contributed by atoms with van der Waals surface area (Å²) in [5, 5.41) is 9.27. The maximum atomic E-state index is 9.27. The second-order valence-corrected chi connectivity index (χ2v) is 3.77. The largest absolute Gasteiger partial charge is 0.508 e. The zero-order valence-corrected chi connectivity index (χ0v) is 9.61. The zero-order chi connectivity index (χ0) is 11.3. The van der Waals surface area contributed by atoms with Gasteiger partial charge in [-0.25, -0.2) is 0 Å². The van der Waals surface area contributed by atoms with Crippen LogP contribution in [0.15, 0.2) is 36.9 Å². The van der Waals surface area contributed by atoms with Crippen LogP contribution in [0.25, 0.3) is 0 Å². The number of nitrogens with zero attached hydrogens (tertiary/aromatic N) is 1. The minimum Gasteiger partial charge on any atom is -0.508 e. The second-order valence-electron chi connectivity index (χ2n) is 3.77. The molecule has 0 amide bonds. The highest BCUT2D eigenvalue weighted by Gasteiger charge is 2.24. The molecule has 0 aliphatic heterocycles. The number of quaternary nitrogens is 1. The summed E-state index contributed by atoms with van der Waals surface area (Å²) in [6.45, 7) is 11.2. The third-order valence-electron chi connectivity index (χ3n) is 3.09. The molecule has 82 valence electrons. The number of rotatable bonds is 5. The van der Waals surface area contributed by atoms with E-state index in [4.69, 9.17) is 0 Å². The summed E-state index contributed by atoms with van der Waals surface area (Å²) in [6.07, 6.45) is 1.96. The van der Waals surface area contributed by atoms with Crippen LogP contribution >= 0.6 is 0 Å². The summed E-state index contributed by atoms with van der Waals surface area (Å²) in [4.78, 5) is 0. The van der Waals surface area contributed by atoms with Gasteiger partial charge in [0.05, 0.1) is 13.1 Å². The molecule has 0 atom stereocenters. The molecule has 0 radical (unpaired) electrons. The van der Waals surface area contributed by atoms with Crippen molar-refractivity contribution in [3.8, 4) is 5.75 Å². The van der Waals surface area contributed by atoms with Crippen molar-refractivity contribution in [1.82, 2.24) is 4.48 Å². The van der Waals surface area contributed by atoms with Crippen molar-refractivity contribution in [2.75, 3.05) is 19.6 Å². The van der Waals surface area contributed by atoms with Crippen LogP contribution in [0.1, 0.15) is 13.8 Å². The van der Waals surface area contributed by atoms with Crippen molar-refractivity contribution in [1.29, 1.82) is 0 Å². The zero-order valence-electron chi connectivity index (χ0n) is 9.61. The highest BCUT2D eigenvalue weighted by Crippen LogP contribution is 2.25. The van der Waals surface area contributed by atoms with E-state index in [0.29, 0.717) is 5.75 Å². The fourth-order valence-corrected chi connectivity index (χ4v) is 1.97. The van der Waals surface area contributed by atoms with Crippen LogP contribution in [-0.4, -0.2) is 24.7 Å². The maximum absolute atomic E-state index is 9.27. The van der Waals surface area contributed by atoms with Crippen LogP contribution in [0.3, 0.4) is 0 Å². The molecule has 0 fully saturated rings. The van der Waals surface area contributed by atoms with Gasteiger partial charge in [-0.15, -0.1) is 0 Å². The van der Waals surface area contributed by atoms with Gasteiger partial charge in [-0.05, 0) is 32.1 Å². The van der Waals surface area contributed by atoms with E-state index >= 15 is 0 Å². The van der Waals surface area contributed by atoms with Crippen molar-refractivity contribution in [3.05, 3.63) is 36.9 Å². The van der Waals surface area contributed by atoms with E-state index in [1.165, 1.54) is 5.69 Å². The lowest BCUT2D eigenvalue weighted by molar-refractivity contribution is 0.331. The lowest BCUT2D eigenvalue weighted by atomic mass is 10.2. The summed E-state index contributed by atoms with van der Waals surface area (Å²) < 4.78 is 0.893. The van der Waals surface area contributed by atoms with Gasteiger partial charge in [0, 0.05) is 12.1 Å². The van der Waals surface area contributed by atoms with Crippen LogP contribution < -0.4 is 4.48 Å².